The second-order valence-corrected chi connectivity index (χ2v) is 4.01. The van der Waals surface area contributed by atoms with Crippen molar-refractivity contribution in [3.05, 3.63) is 34.9 Å². The monoisotopic (exact) mass is 226 g/mol. The lowest BCUT2D eigenvalue weighted by Gasteiger charge is -2.15. The molecule has 0 saturated carbocycles. The van der Waals surface area contributed by atoms with E-state index in [1.165, 1.54) is 0 Å². The van der Waals surface area contributed by atoms with E-state index in [-0.39, 0.29) is 12.3 Å². The van der Waals surface area contributed by atoms with Crippen LogP contribution in [0, 0.1) is 0 Å². The molecule has 0 bridgehead atoms. The number of carbonyl (C=O) groups is 1. The summed E-state index contributed by atoms with van der Waals surface area (Å²) < 4.78 is 0. The number of carboxylic acid groups (broad SMARTS) is 1. The molecule has 0 saturated heterocycles. The molecule has 1 rings (SSSR count). The Hall–Kier alpha value is -1.02. The number of rotatable bonds is 5. The highest BCUT2D eigenvalue weighted by Crippen LogP contribution is 2.30. The molecule has 0 fully saturated rings. The van der Waals surface area contributed by atoms with Crippen LogP contribution in [0.3, 0.4) is 0 Å². The zero-order valence-corrected chi connectivity index (χ0v) is 9.50. The van der Waals surface area contributed by atoms with Crippen molar-refractivity contribution in [2.24, 2.45) is 0 Å². The van der Waals surface area contributed by atoms with Crippen LogP contribution in [0.1, 0.15) is 37.7 Å². The van der Waals surface area contributed by atoms with Crippen LogP contribution in [0.25, 0.3) is 0 Å². The van der Waals surface area contributed by atoms with Crippen LogP contribution in [0.5, 0.6) is 0 Å². The van der Waals surface area contributed by atoms with Crippen LogP contribution >= 0.6 is 11.6 Å². The number of carboxylic acids is 1. The highest BCUT2D eigenvalue weighted by atomic mass is 35.5. The minimum absolute atomic E-state index is 0.0289. The van der Waals surface area contributed by atoms with E-state index in [0.29, 0.717) is 5.02 Å². The molecular weight excluding hydrogens is 212 g/mol. The fourth-order valence-electron chi connectivity index (χ4n) is 1.73. The first kappa shape index (κ1) is 12.1. The lowest BCUT2D eigenvalue weighted by molar-refractivity contribution is -0.137. The van der Waals surface area contributed by atoms with Gasteiger partial charge >= 0.3 is 5.97 Å². The Bertz CT molecular complexity index is 336. The van der Waals surface area contributed by atoms with Gasteiger partial charge in [-0.1, -0.05) is 43.1 Å². The molecular formula is C12H15ClO2. The molecule has 15 heavy (non-hydrogen) atoms. The van der Waals surface area contributed by atoms with Gasteiger partial charge in [0, 0.05) is 5.02 Å². The summed E-state index contributed by atoms with van der Waals surface area (Å²) in [4.78, 5) is 10.7. The average molecular weight is 227 g/mol. The molecule has 2 nitrogen and oxygen atoms in total. The molecule has 3 heteroatoms. The van der Waals surface area contributed by atoms with Crippen molar-refractivity contribution in [2.45, 2.75) is 32.1 Å². The molecule has 0 aliphatic carbocycles. The molecule has 0 aliphatic rings. The Balaban J connectivity index is 2.88. The molecule has 0 heterocycles. The van der Waals surface area contributed by atoms with Gasteiger partial charge in [-0.2, -0.15) is 0 Å². The van der Waals surface area contributed by atoms with Crippen LogP contribution < -0.4 is 0 Å². The van der Waals surface area contributed by atoms with Crippen molar-refractivity contribution in [3.8, 4) is 0 Å². The van der Waals surface area contributed by atoms with Crippen molar-refractivity contribution >= 4 is 17.6 Å². The van der Waals surface area contributed by atoms with E-state index < -0.39 is 5.97 Å². The van der Waals surface area contributed by atoms with Crippen LogP contribution in [-0.2, 0) is 4.79 Å². The van der Waals surface area contributed by atoms with Crippen LogP contribution in [0.2, 0.25) is 5.02 Å². The number of aliphatic carboxylic acids is 1. The molecule has 1 N–H and O–H groups in total. The normalized spacial score (nSPS) is 12.4. The number of halogens is 1. The van der Waals surface area contributed by atoms with Gasteiger partial charge < -0.3 is 5.11 Å². The summed E-state index contributed by atoms with van der Waals surface area (Å²) in [5.74, 6) is -0.741. The predicted molar refractivity (Wildman–Crippen MR) is 61.4 cm³/mol. The van der Waals surface area contributed by atoms with Crippen LogP contribution in [0.4, 0.5) is 0 Å². The number of hydrogen-bond donors (Lipinski definition) is 1. The minimum Gasteiger partial charge on any atom is -0.481 e. The number of benzene rings is 1. The summed E-state index contributed by atoms with van der Waals surface area (Å²) in [6.07, 6.45) is 1.97. The molecule has 0 spiro atoms. The van der Waals surface area contributed by atoms with Crippen LogP contribution in [0.15, 0.2) is 24.3 Å². The van der Waals surface area contributed by atoms with E-state index in [0.717, 1.165) is 18.4 Å². The lowest BCUT2D eigenvalue weighted by atomic mass is 9.91. The molecule has 0 radical (unpaired) electrons. The van der Waals surface area contributed by atoms with Gasteiger partial charge in [-0.25, -0.2) is 0 Å². The van der Waals surface area contributed by atoms with Gasteiger partial charge in [-0.15, -0.1) is 0 Å². The van der Waals surface area contributed by atoms with Crippen molar-refractivity contribution in [1.82, 2.24) is 0 Å². The Kier molecular flexibility index (Phi) is 4.63. The zero-order valence-electron chi connectivity index (χ0n) is 8.74. The largest absolute Gasteiger partial charge is 0.481 e. The van der Waals surface area contributed by atoms with E-state index in [2.05, 4.69) is 0 Å². The van der Waals surface area contributed by atoms with Gasteiger partial charge in [0.25, 0.3) is 0 Å². The van der Waals surface area contributed by atoms with E-state index in [9.17, 15) is 4.79 Å². The summed E-state index contributed by atoms with van der Waals surface area (Å²) in [7, 11) is 0. The SMILES string of the molecule is CCC[C@H](CC(=O)O)c1ccccc1Cl. The average Bonchev–Trinajstić information content (AvgIpc) is 2.17. The Labute approximate surface area is 94.9 Å². The van der Waals surface area contributed by atoms with Crippen LogP contribution in [-0.4, -0.2) is 11.1 Å². The summed E-state index contributed by atoms with van der Waals surface area (Å²) in [5.41, 5.74) is 0.948. The highest BCUT2D eigenvalue weighted by Gasteiger charge is 2.16. The first-order valence-corrected chi connectivity index (χ1v) is 5.49. The lowest BCUT2D eigenvalue weighted by Crippen LogP contribution is -2.06. The summed E-state index contributed by atoms with van der Waals surface area (Å²) >= 11 is 6.05. The molecule has 0 aliphatic heterocycles. The van der Waals surface area contributed by atoms with Gasteiger partial charge in [0.2, 0.25) is 0 Å². The Morgan fingerprint density at radius 2 is 2.13 bits per heavy atom. The maximum atomic E-state index is 10.7. The second kappa shape index (κ2) is 5.76. The van der Waals surface area contributed by atoms with Crippen molar-refractivity contribution in [2.75, 3.05) is 0 Å². The van der Waals surface area contributed by atoms with E-state index in [1.54, 1.807) is 6.07 Å². The first-order chi connectivity index (χ1) is 7.15. The first-order valence-electron chi connectivity index (χ1n) is 5.11. The van der Waals surface area contributed by atoms with Crippen molar-refractivity contribution in [3.63, 3.8) is 0 Å². The van der Waals surface area contributed by atoms with Crippen molar-refractivity contribution < 1.29 is 9.90 Å². The van der Waals surface area contributed by atoms with Gasteiger partial charge in [-0.05, 0) is 24.0 Å². The van der Waals surface area contributed by atoms with Gasteiger partial charge in [0.1, 0.15) is 0 Å². The van der Waals surface area contributed by atoms with Crippen molar-refractivity contribution in [1.29, 1.82) is 0 Å². The summed E-state index contributed by atoms with van der Waals surface area (Å²) in [6.45, 7) is 2.05. The number of hydrogen-bond acceptors (Lipinski definition) is 1. The third-order valence-corrected chi connectivity index (χ3v) is 2.75. The second-order valence-electron chi connectivity index (χ2n) is 3.60. The molecule has 1 aromatic rings. The quantitative estimate of drug-likeness (QED) is 0.831. The van der Waals surface area contributed by atoms with E-state index in [1.807, 2.05) is 25.1 Å². The topological polar surface area (TPSA) is 37.3 Å². The third-order valence-electron chi connectivity index (χ3n) is 2.40. The van der Waals surface area contributed by atoms with Gasteiger partial charge in [-0.3, -0.25) is 4.79 Å². The smallest absolute Gasteiger partial charge is 0.303 e. The Morgan fingerprint density at radius 1 is 1.47 bits per heavy atom. The maximum absolute atomic E-state index is 10.7. The maximum Gasteiger partial charge on any atom is 0.303 e. The molecule has 1 atom stereocenters. The molecule has 1 aromatic carbocycles. The van der Waals surface area contributed by atoms with Gasteiger partial charge in [0.05, 0.1) is 6.42 Å². The highest BCUT2D eigenvalue weighted by molar-refractivity contribution is 6.31. The minimum atomic E-state index is -0.770. The molecule has 0 unspecified atom stereocenters. The van der Waals surface area contributed by atoms with E-state index in [4.69, 9.17) is 16.7 Å². The fourth-order valence-corrected chi connectivity index (χ4v) is 2.02. The van der Waals surface area contributed by atoms with E-state index >= 15 is 0 Å². The fraction of sp³-hybridized carbons (Fsp3) is 0.417. The molecule has 0 aromatic heterocycles. The predicted octanol–water partition coefficient (Wildman–Crippen LogP) is 3.70. The molecule has 0 amide bonds. The standard InChI is InChI=1S/C12H15ClO2/c1-2-5-9(8-12(14)15)10-6-3-4-7-11(10)13/h3-4,6-7,9H,2,5,8H2,1H3,(H,14,15)/t9-/m1/s1. The summed E-state index contributed by atoms with van der Waals surface area (Å²) in [5, 5.41) is 9.48. The third kappa shape index (κ3) is 3.56. The molecule has 82 valence electrons. The zero-order chi connectivity index (χ0) is 11.3. The summed E-state index contributed by atoms with van der Waals surface area (Å²) in [6, 6.07) is 7.47. The van der Waals surface area contributed by atoms with Gasteiger partial charge in [0.15, 0.2) is 0 Å². The Morgan fingerprint density at radius 3 is 2.67 bits per heavy atom.